The van der Waals surface area contributed by atoms with Crippen LogP contribution in [-0.4, -0.2) is 35.3 Å². The molecule has 0 spiro atoms. The van der Waals surface area contributed by atoms with Crippen LogP contribution < -0.4 is 11.1 Å². The lowest BCUT2D eigenvalue weighted by molar-refractivity contribution is -0.120. The molecule has 1 fully saturated rings. The fraction of sp³-hybridized carbons (Fsp3) is 0.882. The minimum Gasteiger partial charge on any atom is -0.355 e. The van der Waals surface area contributed by atoms with Crippen LogP contribution in [0, 0.1) is 0 Å². The number of hydrogen-bond acceptors (Lipinski definition) is 4. The molecular formula is C17H32N2O2S. The molecule has 4 nitrogen and oxygen atoms in total. The van der Waals surface area contributed by atoms with Crippen LogP contribution in [0.15, 0.2) is 0 Å². The van der Waals surface area contributed by atoms with Gasteiger partial charge in [-0.25, -0.2) is 0 Å². The van der Waals surface area contributed by atoms with Crippen molar-refractivity contribution in [2.24, 2.45) is 5.73 Å². The third-order valence-electron chi connectivity index (χ3n) is 4.14. The standard InChI is InChI=1S/C17H32N2O2S/c1-14(20)8-4-2-5-9-15-10-11-16(22-15)17(21)19-13-7-3-6-12-18/h15-16H,2-13,18H2,1H3,(H,19,21). The van der Waals surface area contributed by atoms with Gasteiger partial charge >= 0.3 is 0 Å². The van der Waals surface area contributed by atoms with Gasteiger partial charge < -0.3 is 15.8 Å². The highest BCUT2D eigenvalue weighted by Crippen LogP contribution is 2.36. The topological polar surface area (TPSA) is 72.2 Å². The van der Waals surface area contributed by atoms with Gasteiger partial charge in [-0.1, -0.05) is 19.3 Å². The van der Waals surface area contributed by atoms with Gasteiger partial charge in [-0.3, -0.25) is 4.79 Å². The van der Waals surface area contributed by atoms with Crippen LogP contribution in [0.25, 0.3) is 0 Å². The van der Waals surface area contributed by atoms with Gasteiger partial charge in [0.15, 0.2) is 0 Å². The molecule has 3 N–H and O–H groups in total. The smallest absolute Gasteiger partial charge is 0.233 e. The molecule has 0 saturated carbocycles. The molecule has 0 aromatic rings. The fourth-order valence-electron chi connectivity index (χ4n) is 2.81. The molecule has 0 aliphatic carbocycles. The van der Waals surface area contributed by atoms with Crippen LogP contribution in [0.4, 0.5) is 0 Å². The molecule has 1 aliphatic rings. The van der Waals surface area contributed by atoms with Crippen molar-refractivity contribution in [3.63, 3.8) is 0 Å². The van der Waals surface area contributed by atoms with E-state index in [0.29, 0.717) is 17.5 Å². The van der Waals surface area contributed by atoms with E-state index in [1.807, 2.05) is 11.8 Å². The number of unbranched alkanes of at least 4 members (excludes halogenated alkanes) is 4. The molecule has 0 radical (unpaired) electrons. The maximum absolute atomic E-state index is 12.1. The SMILES string of the molecule is CC(=O)CCCCCC1CCC(C(=O)NCCCCCN)S1. The summed E-state index contributed by atoms with van der Waals surface area (Å²) in [6, 6.07) is 0. The molecule has 1 aliphatic heterocycles. The minimum atomic E-state index is 0.150. The molecule has 0 aromatic carbocycles. The van der Waals surface area contributed by atoms with E-state index in [4.69, 9.17) is 5.73 Å². The highest BCUT2D eigenvalue weighted by Gasteiger charge is 2.29. The van der Waals surface area contributed by atoms with Gasteiger partial charge in [0.1, 0.15) is 5.78 Å². The summed E-state index contributed by atoms with van der Waals surface area (Å²) in [5.74, 6) is 0.510. The number of thioether (sulfide) groups is 1. The van der Waals surface area contributed by atoms with Crippen molar-refractivity contribution in [3.8, 4) is 0 Å². The molecule has 1 heterocycles. The summed E-state index contributed by atoms with van der Waals surface area (Å²) < 4.78 is 0. The maximum atomic E-state index is 12.1. The molecule has 1 amide bonds. The molecule has 0 aromatic heterocycles. The molecule has 22 heavy (non-hydrogen) atoms. The van der Waals surface area contributed by atoms with Gasteiger partial charge in [0.2, 0.25) is 5.91 Å². The van der Waals surface area contributed by atoms with Gasteiger partial charge in [-0.2, -0.15) is 0 Å². The van der Waals surface area contributed by atoms with Crippen LogP contribution in [0.5, 0.6) is 0 Å². The van der Waals surface area contributed by atoms with Gasteiger partial charge in [0.05, 0.1) is 5.25 Å². The normalized spacial score (nSPS) is 21.0. The van der Waals surface area contributed by atoms with Crippen molar-refractivity contribution in [1.29, 1.82) is 0 Å². The first kappa shape index (κ1) is 19.5. The first-order valence-corrected chi connectivity index (χ1v) is 9.70. The zero-order valence-corrected chi connectivity index (χ0v) is 14.8. The molecule has 5 heteroatoms. The number of carbonyl (C=O) groups excluding carboxylic acids is 2. The third kappa shape index (κ3) is 8.79. The van der Waals surface area contributed by atoms with E-state index in [1.54, 1.807) is 6.92 Å². The van der Waals surface area contributed by atoms with Crippen LogP contribution in [0.1, 0.15) is 71.1 Å². The summed E-state index contributed by atoms with van der Waals surface area (Å²) in [5.41, 5.74) is 5.45. The molecule has 1 rings (SSSR count). The van der Waals surface area contributed by atoms with Crippen molar-refractivity contribution in [2.45, 2.75) is 81.6 Å². The predicted molar refractivity (Wildman–Crippen MR) is 94.1 cm³/mol. The van der Waals surface area contributed by atoms with Crippen molar-refractivity contribution < 1.29 is 9.59 Å². The summed E-state index contributed by atoms with van der Waals surface area (Å²) >= 11 is 1.85. The van der Waals surface area contributed by atoms with Gasteiger partial charge in [0, 0.05) is 18.2 Å². The average Bonchev–Trinajstić information content (AvgIpc) is 2.95. The predicted octanol–water partition coefficient (Wildman–Crippen LogP) is 3.04. The Morgan fingerprint density at radius 2 is 1.86 bits per heavy atom. The average molecular weight is 329 g/mol. The zero-order chi connectivity index (χ0) is 16.2. The summed E-state index contributed by atoms with van der Waals surface area (Å²) in [7, 11) is 0. The minimum absolute atomic E-state index is 0.150. The van der Waals surface area contributed by atoms with Crippen LogP contribution in [0.2, 0.25) is 0 Å². The largest absolute Gasteiger partial charge is 0.355 e. The van der Waals surface area contributed by atoms with E-state index in [-0.39, 0.29) is 11.2 Å². The summed E-state index contributed by atoms with van der Waals surface area (Å²) in [5, 5.41) is 3.83. The van der Waals surface area contributed by atoms with Gasteiger partial charge in [-0.05, 0) is 52.0 Å². The Morgan fingerprint density at radius 3 is 2.59 bits per heavy atom. The van der Waals surface area contributed by atoms with Crippen LogP contribution >= 0.6 is 11.8 Å². The first-order valence-electron chi connectivity index (χ1n) is 8.76. The van der Waals surface area contributed by atoms with E-state index in [9.17, 15) is 9.59 Å². The lowest BCUT2D eigenvalue weighted by atomic mass is 10.1. The van der Waals surface area contributed by atoms with Crippen molar-refractivity contribution in [2.75, 3.05) is 13.1 Å². The van der Waals surface area contributed by atoms with E-state index in [2.05, 4.69) is 5.32 Å². The van der Waals surface area contributed by atoms with Gasteiger partial charge in [-0.15, -0.1) is 11.8 Å². The van der Waals surface area contributed by atoms with Crippen molar-refractivity contribution in [1.82, 2.24) is 5.32 Å². The second-order valence-electron chi connectivity index (χ2n) is 6.27. The Kier molecular flexibility index (Phi) is 10.6. The molecular weight excluding hydrogens is 296 g/mol. The lowest BCUT2D eigenvalue weighted by Crippen LogP contribution is -2.32. The molecule has 2 atom stereocenters. The number of hydrogen-bond donors (Lipinski definition) is 2. The summed E-state index contributed by atoms with van der Waals surface area (Å²) in [6.07, 6.45) is 10.6. The van der Waals surface area contributed by atoms with E-state index >= 15 is 0 Å². The van der Waals surface area contributed by atoms with Crippen LogP contribution in [0.3, 0.4) is 0 Å². The Labute approximate surface area is 139 Å². The van der Waals surface area contributed by atoms with E-state index in [1.165, 1.54) is 12.8 Å². The first-order chi connectivity index (χ1) is 10.6. The number of rotatable bonds is 12. The quantitative estimate of drug-likeness (QED) is 0.540. The fourth-order valence-corrected chi connectivity index (χ4v) is 4.32. The molecule has 0 bridgehead atoms. The highest BCUT2D eigenvalue weighted by molar-refractivity contribution is 8.01. The molecule has 2 unspecified atom stereocenters. The second kappa shape index (κ2) is 11.9. The second-order valence-corrected chi connectivity index (χ2v) is 7.77. The Hall–Kier alpha value is -0.550. The maximum Gasteiger partial charge on any atom is 0.233 e. The number of carbonyl (C=O) groups is 2. The van der Waals surface area contributed by atoms with Crippen LogP contribution in [-0.2, 0) is 9.59 Å². The Morgan fingerprint density at radius 1 is 1.09 bits per heavy atom. The van der Waals surface area contributed by atoms with E-state index in [0.717, 1.165) is 58.0 Å². The monoisotopic (exact) mass is 328 g/mol. The third-order valence-corrected chi connectivity index (χ3v) is 5.77. The zero-order valence-electron chi connectivity index (χ0n) is 13.9. The number of ketones is 1. The number of nitrogens with one attached hydrogen (secondary N) is 1. The van der Waals surface area contributed by atoms with Gasteiger partial charge in [0.25, 0.3) is 0 Å². The summed E-state index contributed by atoms with van der Waals surface area (Å²) in [4.78, 5) is 23.0. The summed E-state index contributed by atoms with van der Waals surface area (Å²) in [6.45, 7) is 3.18. The molecule has 128 valence electrons. The lowest BCUT2D eigenvalue weighted by Gasteiger charge is -2.12. The highest BCUT2D eigenvalue weighted by atomic mass is 32.2. The number of Topliss-reactive ketones (excluding diaryl/α,β-unsaturated/α-hetero) is 1. The van der Waals surface area contributed by atoms with Crippen molar-refractivity contribution in [3.05, 3.63) is 0 Å². The van der Waals surface area contributed by atoms with E-state index < -0.39 is 0 Å². The number of nitrogens with two attached hydrogens (primary N) is 1. The van der Waals surface area contributed by atoms with Crippen molar-refractivity contribution >= 4 is 23.5 Å². The number of amides is 1. The Balaban J connectivity index is 2.04. The molecule has 1 saturated heterocycles. The Bertz CT molecular complexity index is 337.